The van der Waals surface area contributed by atoms with Crippen LogP contribution in [0.15, 0.2) is 52.4 Å². The van der Waals surface area contributed by atoms with Crippen molar-refractivity contribution in [3.63, 3.8) is 0 Å². The Hall–Kier alpha value is -3.14. The summed E-state index contributed by atoms with van der Waals surface area (Å²) in [7, 11) is 0. The van der Waals surface area contributed by atoms with Gasteiger partial charge in [0, 0.05) is 24.5 Å². The van der Waals surface area contributed by atoms with Crippen LogP contribution in [-0.4, -0.2) is 29.9 Å². The van der Waals surface area contributed by atoms with E-state index in [-0.39, 0.29) is 17.3 Å². The van der Waals surface area contributed by atoms with Crippen LogP contribution < -0.4 is 0 Å². The molecular weight excluding hydrogens is 386 g/mol. The molecule has 0 N–H and O–H groups in total. The van der Waals surface area contributed by atoms with E-state index >= 15 is 0 Å². The van der Waals surface area contributed by atoms with Gasteiger partial charge in [0.15, 0.2) is 11.0 Å². The summed E-state index contributed by atoms with van der Waals surface area (Å²) in [6.45, 7) is 2.67. The van der Waals surface area contributed by atoms with E-state index in [0.29, 0.717) is 17.5 Å². The maximum absolute atomic E-state index is 13.9. The molecule has 3 aromatic heterocycles. The molecule has 4 aromatic rings. The minimum absolute atomic E-state index is 0.00188. The van der Waals surface area contributed by atoms with E-state index in [1.807, 2.05) is 23.6 Å². The normalized spacial score (nSPS) is 11.1. The Morgan fingerprint density at radius 2 is 1.93 bits per heavy atom. The van der Waals surface area contributed by atoms with E-state index < -0.39 is 11.6 Å². The maximum atomic E-state index is 13.9. The Labute approximate surface area is 162 Å². The average molecular weight is 400 g/mol. The molecule has 142 valence electrons. The first-order valence-corrected chi connectivity index (χ1v) is 9.38. The summed E-state index contributed by atoms with van der Waals surface area (Å²) in [6.07, 6.45) is 3.39. The minimum atomic E-state index is -0.617. The molecule has 0 spiro atoms. The SMILES string of the molecule is CCn1c(SCc2nc(-c3cc(F)ccc3F)no2)nnc1-c1ccncc1. The Morgan fingerprint density at radius 3 is 2.71 bits per heavy atom. The molecule has 0 aliphatic carbocycles. The van der Waals surface area contributed by atoms with Crippen LogP contribution in [0.4, 0.5) is 8.78 Å². The van der Waals surface area contributed by atoms with E-state index in [0.717, 1.165) is 29.6 Å². The number of hydrogen-bond acceptors (Lipinski definition) is 7. The molecule has 28 heavy (non-hydrogen) atoms. The Balaban J connectivity index is 1.52. The maximum Gasteiger partial charge on any atom is 0.237 e. The number of aromatic nitrogens is 6. The van der Waals surface area contributed by atoms with Crippen LogP contribution in [0.25, 0.3) is 22.8 Å². The van der Waals surface area contributed by atoms with Crippen molar-refractivity contribution in [2.75, 3.05) is 0 Å². The lowest BCUT2D eigenvalue weighted by atomic mass is 10.2. The van der Waals surface area contributed by atoms with Gasteiger partial charge in [0.1, 0.15) is 11.6 Å². The van der Waals surface area contributed by atoms with E-state index in [1.165, 1.54) is 11.8 Å². The van der Waals surface area contributed by atoms with Crippen molar-refractivity contribution >= 4 is 11.8 Å². The van der Waals surface area contributed by atoms with Gasteiger partial charge in [0.05, 0.1) is 11.3 Å². The zero-order valence-corrected chi connectivity index (χ0v) is 15.5. The van der Waals surface area contributed by atoms with Gasteiger partial charge in [-0.05, 0) is 37.3 Å². The number of rotatable bonds is 6. The summed E-state index contributed by atoms with van der Waals surface area (Å²) < 4.78 is 34.3. The van der Waals surface area contributed by atoms with Crippen molar-refractivity contribution in [3.8, 4) is 22.8 Å². The summed E-state index contributed by atoms with van der Waals surface area (Å²) in [5.74, 6) is 0.145. The molecule has 7 nitrogen and oxygen atoms in total. The number of halogens is 2. The fourth-order valence-corrected chi connectivity index (χ4v) is 3.45. The van der Waals surface area contributed by atoms with E-state index in [4.69, 9.17) is 4.52 Å². The molecule has 0 aliphatic heterocycles. The summed E-state index contributed by atoms with van der Waals surface area (Å²) in [4.78, 5) is 8.15. The van der Waals surface area contributed by atoms with Crippen molar-refractivity contribution in [3.05, 3.63) is 60.3 Å². The van der Waals surface area contributed by atoms with E-state index in [2.05, 4.69) is 25.3 Å². The standard InChI is InChI=1S/C18H14F2N6OS/c1-2-26-17(11-5-7-21-8-6-11)23-24-18(26)28-10-15-22-16(25-27-15)13-9-12(19)3-4-14(13)20/h3-9H,2,10H2,1H3. The van der Waals surface area contributed by atoms with Crippen LogP contribution in [0, 0.1) is 11.6 Å². The largest absolute Gasteiger partial charge is 0.338 e. The summed E-state index contributed by atoms with van der Waals surface area (Å²) in [5.41, 5.74) is 0.870. The highest BCUT2D eigenvalue weighted by Crippen LogP contribution is 2.27. The molecule has 10 heteroatoms. The molecule has 0 saturated heterocycles. The van der Waals surface area contributed by atoms with Crippen molar-refractivity contribution in [1.29, 1.82) is 0 Å². The first-order chi connectivity index (χ1) is 13.7. The van der Waals surface area contributed by atoms with E-state index in [1.54, 1.807) is 12.4 Å². The highest BCUT2D eigenvalue weighted by Gasteiger charge is 2.17. The second-order valence-corrected chi connectivity index (χ2v) is 6.65. The Morgan fingerprint density at radius 1 is 1.11 bits per heavy atom. The van der Waals surface area contributed by atoms with Crippen LogP contribution in [0.1, 0.15) is 12.8 Å². The van der Waals surface area contributed by atoms with Gasteiger partial charge in [-0.2, -0.15) is 4.98 Å². The lowest BCUT2D eigenvalue weighted by Gasteiger charge is -2.06. The fraction of sp³-hybridized carbons (Fsp3) is 0.167. The topological polar surface area (TPSA) is 82.5 Å². The zero-order valence-electron chi connectivity index (χ0n) is 14.7. The predicted octanol–water partition coefficient (Wildman–Crippen LogP) is 3.98. The molecule has 1 aromatic carbocycles. The van der Waals surface area contributed by atoms with Gasteiger partial charge in [0.25, 0.3) is 0 Å². The second-order valence-electron chi connectivity index (χ2n) is 5.71. The van der Waals surface area contributed by atoms with Crippen molar-refractivity contribution in [2.45, 2.75) is 24.4 Å². The summed E-state index contributed by atoms with van der Waals surface area (Å²) in [6, 6.07) is 6.82. The van der Waals surface area contributed by atoms with Gasteiger partial charge in [0.2, 0.25) is 11.7 Å². The Bertz CT molecular complexity index is 1100. The summed E-state index contributed by atoms with van der Waals surface area (Å²) >= 11 is 1.37. The number of benzene rings is 1. The van der Waals surface area contributed by atoms with Crippen molar-refractivity contribution < 1.29 is 13.3 Å². The molecule has 0 bridgehead atoms. The van der Waals surface area contributed by atoms with Gasteiger partial charge >= 0.3 is 0 Å². The monoisotopic (exact) mass is 400 g/mol. The number of nitrogens with zero attached hydrogens (tertiary/aromatic N) is 6. The van der Waals surface area contributed by atoms with E-state index in [9.17, 15) is 8.78 Å². The molecule has 4 rings (SSSR count). The molecule has 0 unspecified atom stereocenters. The lowest BCUT2D eigenvalue weighted by Crippen LogP contribution is -2.00. The first kappa shape index (κ1) is 18.2. The summed E-state index contributed by atoms with van der Waals surface area (Å²) in [5, 5.41) is 12.9. The van der Waals surface area contributed by atoms with Gasteiger partial charge in [-0.1, -0.05) is 16.9 Å². The van der Waals surface area contributed by atoms with Crippen molar-refractivity contribution in [1.82, 2.24) is 29.9 Å². The lowest BCUT2D eigenvalue weighted by molar-refractivity contribution is 0.391. The zero-order chi connectivity index (χ0) is 19.5. The average Bonchev–Trinajstić information content (AvgIpc) is 3.35. The van der Waals surface area contributed by atoms with Crippen molar-refractivity contribution in [2.24, 2.45) is 0 Å². The highest BCUT2D eigenvalue weighted by atomic mass is 32.2. The minimum Gasteiger partial charge on any atom is -0.338 e. The third-order valence-corrected chi connectivity index (χ3v) is 4.89. The van der Waals surface area contributed by atoms with Gasteiger partial charge < -0.3 is 9.09 Å². The van der Waals surface area contributed by atoms with Gasteiger partial charge in [-0.25, -0.2) is 8.78 Å². The molecule has 0 radical (unpaired) electrons. The van der Waals surface area contributed by atoms with Gasteiger partial charge in [-0.3, -0.25) is 4.98 Å². The van der Waals surface area contributed by atoms with Crippen LogP contribution in [0.2, 0.25) is 0 Å². The van der Waals surface area contributed by atoms with Crippen LogP contribution in [-0.2, 0) is 12.3 Å². The predicted molar refractivity (Wildman–Crippen MR) is 98.1 cm³/mol. The van der Waals surface area contributed by atoms with Crippen LogP contribution in [0.3, 0.4) is 0 Å². The number of pyridine rings is 1. The molecule has 0 fully saturated rings. The smallest absolute Gasteiger partial charge is 0.237 e. The third-order valence-electron chi connectivity index (χ3n) is 3.93. The third kappa shape index (κ3) is 3.63. The highest BCUT2D eigenvalue weighted by molar-refractivity contribution is 7.98. The number of thioether (sulfide) groups is 1. The molecule has 3 heterocycles. The quantitative estimate of drug-likeness (QED) is 0.453. The molecule has 0 saturated carbocycles. The molecule has 0 amide bonds. The van der Waals surface area contributed by atoms with Crippen LogP contribution >= 0.6 is 11.8 Å². The first-order valence-electron chi connectivity index (χ1n) is 8.40. The van der Waals surface area contributed by atoms with Crippen LogP contribution in [0.5, 0.6) is 0 Å². The molecule has 0 aliphatic rings. The Kier molecular flexibility index (Phi) is 5.11. The fourth-order valence-electron chi connectivity index (χ4n) is 2.61. The second kappa shape index (κ2) is 7.85. The molecular formula is C18H14F2N6OS. The van der Waals surface area contributed by atoms with Gasteiger partial charge in [-0.15, -0.1) is 10.2 Å². The molecule has 0 atom stereocenters. The number of hydrogen-bond donors (Lipinski definition) is 0.